The van der Waals surface area contributed by atoms with Crippen LogP contribution in [0.25, 0.3) is 6.08 Å². The Labute approximate surface area is 175 Å². The van der Waals surface area contributed by atoms with Gasteiger partial charge in [0.1, 0.15) is 0 Å². The fourth-order valence-corrected chi connectivity index (χ4v) is 4.98. The summed E-state index contributed by atoms with van der Waals surface area (Å²) in [4.78, 5) is 4.39. The van der Waals surface area contributed by atoms with Gasteiger partial charge in [-0.25, -0.2) is 0 Å². The third-order valence-electron chi connectivity index (χ3n) is 6.15. The standard InChI is InChI=1S/C23H28N2O3S/c1-22(2)20-15-18(16-29(26)27)7-10-21(20)25-13-14-28-23(22,25)12-11-17-5-8-19(9-6-17)24(3)4/h5-12,15H,13-14,16H2,1-4H3,(H,26,27)/p-1. The summed E-state index contributed by atoms with van der Waals surface area (Å²) in [5.74, 6) is 0.0330. The van der Waals surface area contributed by atoms with Gasteiger partial charge in [0.2, 0.25) is 0 Å². The average molecular weight is 412 g/mol. The Balaban J connectivity index is 1.71. The first-order valence-electron chi connectivity index (χ1n) is 9.82. The molecule has 0 N–H and O–H groups in total. The molecule has 0 amide bonds. The van der Waals surface area contributed by atoms with Crippen molar-refractivity contribution in [3.8, 4) is 0 Å². The Morgan fingerprint density at radius 1 is 1.21 bits per heavy atom. The molecule has 4 rings (SSSR count). The Morgan fingerprint density at radius 2 is 1.93 bits per heavy atom. The second kappa shape index (κ2) is 7.27. The van der Waals surface area contributed by atoms with Crippen LogP contribution in [0, 0.1) is 0 Å². The van der Waals surface area contributed by atoms with Crippen molar-refractivity contribution in [2.45, 2.75) is 30.7 Å². The fourth-order valence-electron chi connectivity index (χ4n) is 4.53. The predicted octanol–water partition coefficient (Wildman–Crippen LogP) is 3.67. The van der Waals surface area contributed by atoms with Crippen LogP contribution >= 0.6 is 0 Å². The number of benzene rings is 2. The molecule has 154 valence electrons. The highest BCUT2D eigenvalue weighted by Crippen LogP contribution is 2.55. The molecule has 1 fully saturated rings. The lowest BCUT2D eigenvalue weighted by Gasteiger charge is -2.39. The maximum Gasteiger partial charge on any atom is 0.170 e. The highest BCUT2D eigenvalue weighted by molar-refractivity contribution is 7.78. The Morgan fingerprint density at radius 3 is 2.59 bits per heavy atom. The maximum atomic E-state index is 11.2. The molecule has 2 heterocycles. The summed E-state index contributed by atoms with van der Waals surface area (Å²) in [6, 6.07) is 14.4. The van der Waals surface area contributed by atoms with Gasteiger partial charge < -0.3 is 19.1 Å². The minimum Gasteiger partial charge on any atom is -0.772 e. The van der Waals surface area contributed by atoms with Gasteiger partial charge in [-0.05, 0) is 41.0 Å². The van der Waals surface area contributed by atoms with Crippen LogP contribution in [-0.2, 0) is 27.0 Å². The minimum absolute atomic E-state index is 0.0330. The van der Waals surface area contributed by atoms with Crippen molar-refractivity contribution >= 4 is 28.5 Å². The van der Waals surface area contributed by atoms with Crippen LogP contribution in [0.3, 0.4) is 0 Å². The van der Waals surface area contributed by atoms with Crippen molar-refractivity contribution in [2.24, 2.45) is 0 Å². The quantitative estimate of drug-likeness (QED) is 0.703. The van der Waals surface area contributed by atoms with Gasteiger partial charge in [0.15, 0.2) is 5.72 Å². The van der Waals surface area contributed by atoms with E-state index in [9.17, 15) is 8.76 Å². The summed E-state index contributed by atoms with van der Waals surface area (Å²) in [5.41, 5.74) is 4.45. The summed E-state index contributed by atoms with van der Waals surface area (Å²) in [6.07, 6.45) is 4.29. The van der Waals surface area contributed by atoms with Gasteiger partial charge in [0.25, 0.3) is 0 Å². The van der Waals surface area contributed by atoms with Crippen molar-refractivity contribution in [1.29, 1.82) is 0 Å². The first kappa shape index (κ1) is 20.1. The molecule has 0 bridgehead atoms. The molecule has 0 aliphatic carbocycles. The summed E-state index contributed by atoms with van der Waals surface area (Å²) < 4.78 is 28.7. The third kappa shape index (κ3) is 3.29. The number of anilines is 2. The lowest BCUT2D eigenvalue weighted by Crippen LogP contribution is -2.51. The largest absolute Gasteiger partial charge is 0.772 e. The number of ether oxygens (including phenoxy) is 1. The molecule has 0 aromatic heterocycles. The molecule has 5 nitrogen and oxygen atoms in total. The molecule has 2 aliphatic heterocycles. The van der Waals surface area contributed by atoms with Crippen LogP contribution in [-0.4, -0.2) is 41.7 Å². The summed E-state index contributed by atoms with van der Waals surface area (Å²) in [5, 5.41) is 0. The van der Waals surface area contributed by atoms with Crippen molar-refractivity contribution < 1.29 is 13.5 Å². The van der Waals surface area contributed by atoms with Crippen molar-refractivity contribution in [1.82, 2.24) is 0 Å². The second-order valence-electron chi connectivity index (χ2n) is 8.44. The SMILES string of the molecule is CN(C)c1ccc(C=CC23OCCN2c2ccc(CS(=O)[O-])cc2C3(C)C)cc1. The van der Waals surface area contributed by atoms with E-state index in [0.29, 0.717) is 6.61 Å². The molecule has 2 unspecified atom stereocenters. The minimum atomic E-state index is -2.10. The number of fused-ring (bicyclic) bond motifs is 3. The fraction of sp³-hybridized carbons (Fsp3) is 0.391. The van der Waals surface area contributed by atoms with E-state index in [-0.39, 0.29) is 11.2 Å². The van der Waals surface area contributed by atoms with Gasteiger partial charge in [0.05, 0.1) is 6.61 Å². The van der Waals surface area contributed by atoms with E-state index in [2.05, 4.69) is 60.1 Å². The zero-order valence-corrected chi connectivity index (χ0v) is 18.2. The van der Waals surface area contributed by atoms with Crippen LogP contribution < -0.4 is 9.80 Å². The molecule has 6 heteroatoms. The zero-order chi connectivity index (χ0) is 20.8. The zero-order valence-electron chi connectivity index (χ0n) is 17.3. The van der Waals surface area contributed by atoms with Crippen LogP contribution in [0.1, 0.15) is 30.5 Å². The van der Waals surface area contributed by atoms with E-state index < -0.39 is 16.8 Å². The van der Waals surface area contributed by atoms with Crippen LogP contribution in [0.5, 0.6) is 0 Å². The van der Waals surface area contributed by atoms with E-state index in [1.165, 1.54) is 0 Å². The first-order chi connectivity index (χ1) is 13.7. The Hall–Kier alpha value is -2.15. The monoisotopic (exact) mass is 411 g/mol. The van der Waals surface area contributed by atoms with Gasteiger partial charge >= 0.3 is 0 Å². The number of hydrogen-bond acceptors (Lipinski definition) is 5. The second-order valence-corrected chi connectivity index (χ2v) is 9.34. The highest BCUT2D eigenvalue weighted by Gasteiger charge is 2.59. The van der Waals surface area contributed by atoms with E-state index >= 15 is 0 Å². The van der Waals surface area contributed by atoms with Gasteiger partial charge in [-0.15, -0.1) is 0 Å². The molecular formula is C23H27N2O3S-. The lowest BCUT2D eigenvalue weighted by atomic mass is 9.77. The molecule has 2 aromatic carbocycles. The van der Waals surface area contributed by atoms with Gasteiger partial charge in [-0.2, -0.15) is 0 Å². The van der Waals surface area contributed by atoms with Crippen LogP contribution in [0.2, 0.25) is 0 Å². The van der Waals surface area contributed by atoms with E-state index in [1.54, 1.807) is 0 Å². The summed E-state index contributed by atoms with van der Waals surface area (Å²) >= 11 is -2.10. The maximum absolute atomic E-state index is 11.2. The van der Waals surface area contributed by atoms with Crippen molar-refractivity contribution in [3.63, 3.8) is 0 Å². The van der Waals surface area contributed by atoms with Crippen molar-refractivity contribution in [2.75, 3.05) is 37.0 Å². The van der Waals surface area contributed by atoms with Crippen LogP contribution in [0.4, 0.5) is 11.4 Å². The first-order valence-corrected chi connectivity index (χ1v) is 11.1. The number of rotatable bonds is 5. The van der Waals surface area contributed by atoms with Gasteiger partial charge in [-0.1, -0.05) is 55.3 Å². The molecular weight excluding hydrogens is 384 g/mol. The number of nitrogens with zero attached hydrogens (tertiary/aromatic N) is 2. The van der Waals surface area contributed by atoms with Gasteiger partial charge in [-0.3, -0.25) is 4.21 Å². The summed E-state index contributed by atoms with van der Waals surface area (Å²) in [7, 11) is 4.06. The smallest absolute Gasteiger partial charge is 0.170 e. The normalized spacial score (nSPS) is 23.3. The average Bonchev–Trinajstić information content (AvgIpc) is 3.17. The molecule has 0 saturated carbocycles. The predicted molar refractivity (Wildman–Crippen MR) is 118 cm³/mol. The molecule has 2 aliphatic rings. The van der Waals surface area contributed by atoms with Gasteiger partial charge in [0, 0.05) is 43.2 Å². The molecule has 0 spiro atoms. The molecule has 29 heavy (non-hydrogen) atoms. The van der Waals surface area contributed by atoms with Crippen LogP contribution in [0.15, 0.2) is 48.5 Å². The Kier molecular flexibility index (Phi) is 5.05. The lowest BCUT2D eigenvalue weighted by molar-refractivity contribution is 0.000328. The van der Waals surface area contributed by atoms with Crippen molar-refractivity contribution in [3.05, 3.63) is 65.2 Å². The van der Waals surface area contributed by atoms with E-state index in [0.717, 1.165) is 34.6 Å². The molecule has 2 aromatic rings. The number of hydrogen-bond donors (Lipinski definition) is 0. The van der Waals surface area contributed by atoms with E-state index in [1.807, 2.05) is 32.3 Å². The topological polar surface area (TPSA) is 55.8 Å². The third-order valence-corrected chi connectivity index (χ3v) is 6.72. The molecule has 2 atom stereocenters. The summed E-state index contributed by atoms with van der Waals surface area (Å²) in [6.45, 7) is 5.83. The Bertz CT molecular complexity index is 969. The molecule has 1 saturated heterocycles. The molecule has 0 radical (unpaired) electrons. The highest BCUT2D eigenvalue weighted by atomic mass is 32.2. The van der Waals surface area contributed by atoms with E-state index in [4.69, 9.17) is 4.74 Å².